The summed E-state index contributed by atoms with van der Waals surface area (Å²) in [5, 5.41) is 13.5. The van der Waals surface area contributed by atoms with Gasteiger partial charge in [0.1, 0.15) is 11.5 Å². The summed E-state index contributed by atoms with van der Waals surface area (Å²) in [5.74, 6) is 0.758. The fourth-order valence-corrected chi connectivity index (χ4v) is 1.93. The molecular weight excluding hydrogens is 244 g/mol. The third-order valence-corrected chi connectivity index (χ3v) is 3.13. The summed E-state index contributed by atoms with van der Waals surface area (Å²) in [5.41, 5.74) is 6.97. The molecule has 0 aliphatic heterocycles. The van der Waals surface area contributed by atoms with Crippen LogP contribution >= 0.6 is 0 Å². The van der Waals surface area contributed by atoms with Gasteiger partial charge in [-0.25, -0.2) is 0 Å². The molecule has 1 fully saturated rings. The second kappa shape index (κ2) is 4.75. The molecule has 0 bridgehead atoms. The molecule has 2 heterocycles. The molecule has 3 rings (SSSR count). The number of amides is 1. The summed E-state index contributed by atoms with van der Waals surface area (Å²) in [6.45, 7) is 1.17. The van der Waals surface area contributed by atoms with E-state index in [0.29, 0.717) is 30.5 Å². The summed E-state index contributed by atoms with van der Waals surface area (Å²) in [4.78, 5) is 11.7. The molecule has 1 amide bonds. The number of nitrogen functional groups attached to an aromatic ring is 1. The summed E-state index contributed by atoms with van der Waals surface area (Å²) >= 11 is 0. The van der Waals surface area contributed by atoms with Crippen molar-refractivity contribution in [3.05, 3.63) is 29.7 Å². The Bertz CT molecular complexity index is 583. The zero-order valence-electron chi connectivity index (χ0n) is 10.5. The maximum absolute atomic E-state index is 11.7. The van der Waals surface area contributed by atoms with Gasteiger partial charge in [-0.3, -0.25) is 14.6 Å². The van der Waals surface area contributed by atoms with E-state index >= 15 is 0 Å². The van der Waals surface area contributed by atoms with Gasteiger partial charge in [-0.15, -0.1) is 0 Å². The normalized spacial score (nSPS) is 14.5. The Balaban J connectivity index is 1.48. The lowest BCUT2D eigenvalue weighted by atomic mass is 10.3. The van der Waals surface area contributed by atoms with Crippen LogP contribution in [0.1, 0.15) is 34.9 Å². The molecule has 0 radical (unpaired) electrons. The number of carbonyl (C=O) groups excluding carboxylic acids is 1. The van der Waals surface area contributed by atoms with Crippen LogP contribution in [0.2, 0.25) is 0 Å². The predicted octanol–water partition coefficient (Wildman–Crippen LogP) is 0.496. The average molecular weight is 260 g/mol. The van der Waals surface area contributed by atoms with E-state index in [4.69, 9.17) is 5.73 Å². The number of hydrogen-bond acceptors (Lipinski definition) is 4. The van der Waals surface area contributed by atoms with Gasteiger partial charge in [-0.1, -0.05) is 0 Å². The Labute approximate surface area is 110 Å². The maximum atomic E-state index is 11.7. The number of aromatic amines is 1. The lowest BCUT2D eigenvalue weighted by Crippen LogP contribution is -2.27. The third-order valence-electron chi connectivity index (χ3n) is 3.13. The molecule has 2 aromatic rings. The molecule has 7 heteroatoms. The first kappa shape index (κ1) is 11.8. The van der Waals surface area contributed by atoms with E-state index in [9.17, 15) is 4.79 Å². The first-order valence-corrected chi connectivity index (χ1v) is 6.35. The molecule has 1 aliphatic rings. The fourth-order valence-electron chi connectivity index (χ4n) is 1.93. The van der Waals surface area contributed by atoms with E-state index in [-0.39, 0.29) is 5.91 Å². The van der Waals surface area contributed by atoms with Gasteiger partial charge in [0.15, 0.2) is 0 Å². The third kappa shape index (κ3) is 2.75. The highest BCUT2D eigenvalue weighted by molar-refractivity contribution is 5.92. The molecule has 19 heavy (non-hydrogen) atoms. The smallest absolute Gasteiger partial charge is 0.269 e. The van der Waals surface area contributed by atoms with Crippen molar-refractivity contribution in [1.82, 2.24) is 25.3 Å². The van der Waals surface area contributed by atoms with Crippen molar-refractivity contribution in [3.8, 4) is 0 Å². The van der Waals surface area contributed by atoms with Crippen LogP contribution < -0.4 is 11.1 Å². The molecule has 1 aliphatic carbocycles. The fraction of sp³-hybridized carbons (Fsp3) is 0.417. The van der Waals surface area contributed by atoms with Crippen LogP contribution in [0, 0.1) is 0 Å². The molecule has 7 nitrogen and oxygen atoms in total. The highest BCUT2D eigenvalue weighted by Crippen LogP contribution is 2.38. The van der Waals surface area contributed by atoms with Crippen LogP contribution in [0.5, 0.6) is 0 Å². The van der Waals surface area contributed by atoms with E-state index in [2.05, 4.69) is 26.7 Å². The minimum atomic E-state index is -0.209. The number of anilines is 1. The van der Waals surface area contributed by atoms with E-state index in [1.54, 1.807) is 0 Å². The molecule has 0 spiro atoms. The summed E-state index contributed by atoms with van der Waals surface area (Å²) < 4.78 is 1.86. The molecule has 0 atom stereocenters. The van der Waals surface area contributed by atoms with Crippen LogP contribution in [0.4, 0.5) is 5.82 Å². The van der Waals surface area contributed by atoms with Crippen molar-refractivity contribution < 1.29 is 4.79 Å². The minimum Gasteiger partial charge on any atom is -0.382 e. The topological polar surface area (TPSA) is 102 Å². The highest BCUT2D eigenvalue weighted by atomic mass is 16.1. The molecule has 0 saturated heterocycles. The summed E-state index contributed by atoms with van der Waals surface area (Å²) in [6.07, 6.45) is 4.44. The first-order chi connectivity index (χ1) is 9.22. The number of hydrogen-bond donors (Lipinski definition) is 3. The largest absolute Gasteiger partial charge is 0.382 e. The van der Waals surface area contributed by atoms with Crippen molar-refractivity contribution in [3.63, 3.8) is 0 Å². The Morgan fingerprint density at radius 2 is 2.42 bits per heavy atom. The first-order valence-electron chi connectivity index (χ1n) is 6.35. The lowest BCUT2D eigenvalue weighted by Gasteiger charge is -2.03. The molecule has 100 valence electrons. The van der Waals surface area contributed by atoms with Crippen molar-refractivity contribution >= 4 is 11.7 Å². The molecule has 0 aromatic carbocycles. The minimum absolute atomic E-state index is 0.209. The van der Waals surface area contributed by atoms with E-state index in [0.717, 1.165) is 5.69 Å². The van der Waals surface area contributed by atoms with Gasteiger partial charge in [0.05, 0.1) is 12.2 Å². The number of nitrogens with two attached hydrogens (primary N) is 1. The van der Waals surface area contributed by atoms with Crippen molar-refractivity contribution in [2.45, 2.75) is 25.3 Å². The average Bonchev–Trinajstić information content (AvgIpc) is 2.98. The molecule has 4 N–H and O–H groups in total. The van der Waals surface area contributed by atoms with Gasteiger partial charge >= 0.3 is 0 Å². The Morgan fingerprint density at radius 1 is 1.58 bits per heavy atom. The Hall–Kier alpha value is -2.31. The Kier molecular flexibility index (Phi) is 2.94. The highest BCUT2D eigenvalue weighted by Gasteiger charge is 2.25. The van der Waals surface area contributed by atoms with Crippen LogP contribution in [-0.2, 0) is 6.54 Å². The number of carbonyl (C=O) groups is 1. The van der Waals surface area contributed by atoms with Crippen molar-refractivity contribution in [2.24, 2.45) is 0 Å². The number of H-pyrrole nitrogens is 1. The molecular formula is C12H16N6O. The quantitative estimate of drug-likeness (QED) is 0.728. The molecule has 2 aromatic heterocycles. The molecule has 0 unspecified atom stereocenters. The number of nitrogens with one attached hydrogen (secondary N) is 2. The molecule has 1 saturated carbocycles. The monoisotopic (exact) mass is 260 g/mol. The second-order valence-corrected chi connectivity index (χ2v) is 4.74. The number of aromatic nitrogens is 4. The number of rotatable bonds is 5. The van der Waals surface area contributed by atoms with E-state index in [1.807, 2.05) is 10.9 Å². The van der Waals surface area contributed by atoms with E-state index in [1.165, 1.54) is 18.9 Å². The van der Waals surface area contributed by atoms with Gasteiger partial charge in [-0.05, 0) is 18.9 Å². The Morgan fingerprint density at radius 3 is 3.11 bits per heavy atom. The lowest BCUT2D eigenvalue weighted by molar-refractivity contribution is 0.0947. The van der Waals surface area contributed by atoms with Crippen molar-refractivity contribution in [1.29, 1.82) is 0 Å². The SMILES string of the molecule is Nc1cc(C(=O)NCCn2ccc(C3CC3)n2)[nH]n1. The standard InChI is InChI=1S/C12H16N6O/c13-11-7-10(15-16-11)12(19)14-4-6-18-5-3-9(17-18)8-1-2-8/h3,5,7-8H,1-2,4,6H2,(H,14,19)(H3,13,15,16). The van der Waals surface area contributed by atoms with Gasteiger partial charge in [0.25, 0.3) is 5.91 Å². The maximum Gasteiger partial charge on any atom is 0.269 e. The van der Waals surface area contributed by atoms with Gasteiger partial charge in [-0.2, -0.15) is 10.2 Å². The van der Waals surface area contributed by atoms with Gasteiger partial charge in [0.2, 0.25) is 0 Å². The summed E-state index contributed by atoms with van der Waals surface area (Å²) in [7, 11) is 0. The zero-order chi connectivity index (χ0) is 13.2. The second-order valence-electron chi connectivity index (χ2n) is 4.74. The van der Waals surface area contributed by atoms with E-state index < -0.39 is 0 Å². The van der Waals surface area contributed by atoms with Crippen LogP contribution in [0.15, 0.2) is 18.3 Å². The zero-order valence-corrected chi connectivity index (χ0v) is 10.5. The van der Waals surface area contributed by atoms with Crippen LogP contribution in [0.3, 0.4) is 0 Å². The predicted molar refractivity (Wildman–Crippen MR) is 69.5 cm³/mol. The van der Waals surface area contributed by atoms with Gasteiger partial charge < -0.3 is 11.1 Å². The van der Waals surface area contributed by atoms with Crippen molar-refractivity contribution in [2.75, 3.05) is 12.3 Å². The van der Waals surface area contributed by atoms with Crippen LogP contribution in [0.25, 0.3) is 0 Å². The number of nitrogens with zero attached hydrogens (tertiary/aromatic N) is 3. The van der Waals surface area contributed by atoms with Gasteiger partial charge in [0, 0.05) is 24.7 Å². The summed E-state index contributed by atoms with van der Waals surface area (Å²) in [6, 6.07) is 3.56. The van der Waals surface area contributed by atoms with Crippen LogP contribution in [-0.4, -0.2) is 32.4 Å².